The molecule has 5 heteroatoms. The Morgan fingerprint density at radius 1 is 1.53 bits per heavy atom. The second-order valence-electron chi connectivity index (χ2n) is 2.74. The van der Waals surface area contributed by atoms with Gasteiger partial charge in [0.1, 0.15) is 0 Å². The van der Waals surface area contributed by atoms with Gasteiger partial charge in [0, 0.05) is 0 Å². The van der Waals surface area contributed by atoms with Crippen LogP contribution in [0.2, 0.25) is 0 Å². The Labute approximate surface area is 99.6 Å². The van der Waals surface area contributed by atoms with Crippen molar-refractivity contribution in [3.63, 3.8) is 0 Å². The Kier molecular flexibility index (Phi) is 3.60. The molecule has 0 aliphatic heterocycles. The molecule has 0 N–H and O–H groups in total. The average Bonchev–Trinajstić information content (AvgIpc) is 2.89. The molecule has 0 aliphatic carbocycles. The summed E-state index contributed by atoms with van der Waals surface area (Å²) in [5.41, 5.74) is 0.482. The summed E-state index contributed by atoms with van der Waals surface area (Å²) in [5, 5.41) is 0. The average molecular weight is 333 g/mol. The zero-order chi connectivity index (χ0) is 10.7. The summed E-state index contributed by atoms with van der Waals surface area (Å²) < 4.78 is 7.27. The number of hydrogen-bond acceptors (Lipinski definition) is 3. The molecular formula is C10H9NO2Se2. The molecule has 0 fully saturated rings. The van der Waals surface area contributed by atoms with Crippen LogP contribution in [0.15, 0.2) is 22.0 Å². The van der Waals surface area contributed by atoms with Crippen LogP contribution in [-0.2, 0) is 4.74 Å². The predicted molar refractivity (Wildman–Crippen MR) is 59.5 cm³/mol. The van der Waals surface area contributed by atoms with E-state index in [1.165, 1.54) is 4.44 Å². The number of aromatic nitrogens is 1. The predicted octanol–water partition coefficient (Wildman–Crippen LogP) is 1.04. The SMILES string of the molecule is CCOC(=O)c1c[se]c(-c2ccc[se]2)n1. The van der Waals surface area contributed by atoms with Crippen LogP contribution in [-0.4, -0.2) is 46.6 Å². The maximum absolute atomic E-state index is 11.4. The first-order chi connectivity index (χ1) is 7.31. The molecule has 78 valence electrons. The maximum atomic E-state index is 11.4. The molecule has 2 rings (SSSR count). The van der Waals surface area contributed by atoms with Crippen LogP contribution in [0.1, 0.15) is 17.4 Å². The van der Waals surface area contributed by atoms with Gasteiger partial charge >= 0.3 is 99.7 Å². The van der Waals surface area contributed by atoms with Crippen LogP contribution in [0.3, 0.4) is 0 Å². The van der Waals surface area contributed by atoms with Crippen LogP contribution in [0.25, 0.3) is 9.01 Å². The molecule has 0 radical (unpaired) electrons. The van der Waals surface area contributed by atoms with E-state index in [4.69, 9.17) is 4.74 Å². The van der Waals surface area contributed by atoms with Gasteiger partial charge in [0.05, 0.1) is 0 Å². The molecule has 0 aromatic carbocycles. The van der Waals surface area contributed by atoms with Crippen molar-refractivity contribution >= 4 is 35.0 Å². The first-order valence-corrected chi connectivity index (χ1v) is 8.17. The van der Waals surface area contributed by atoms with Crippen molar-refractivity contribution in [2.24, 2.45) is 0 Å². The van der Waals surface area contributed by atoms with Gasteiger partial charge in [-0.3, -0.25) is 0 Å². The molecule has 0 saturated carbocycles. The quantitative estimate of drug-likeness (QED) is 0.622. The minimum atomic E-state index is -0.298. The number of esters is 1. The van der Waals surface area contributed by atoms with Gasteiger partial charge in [-0.2, -0.15) is 0 Å². The fourth-order valence-electron chi connectivity index (χ4n) is 1.09. The number of rotatable bonds is 3. The Bertz CT molecular complexity index is 448. The monoisotopic (exact) mass is 335 g/mol. The molecule has 0 saturated heterocycles. The first kappa shape index (κ1) is 10.9. The number of carbonyl (C=O) groups excluding carboxylic acids is 1. The van der Waals surface area contributed by atoms with Crippen molar-refractivity contribution in [2.45, 2.75) is 6.92 Å². The third-order valence-corrected chi connectivity index (χ3v) is 6.05. The number of hydrogen-bond donors (Lipinski definition) is 0. The second kappa shape index (κ2) is 4.95. The van der Waals surface area contributed by atoms with E-state index in [2.05, 4.69) is 22.1 Å². The van der Waals surface area contributed by atoms with Gasteiger partial charge in [-0.15, -0.1) is 0 Å². The third kappa shape index (κ3) is 2.50. The standard InChI is InChI=1S/C10H9NO2Se2/c1-2-13-10(12)7-6-15-9(11-7)8-4-3-5-14-8/h3-6H,2H2,1H3. The Hall–Kier alpha value is -0.601. The third-order valence-electron chi connectivity index (χ3n) is 1.72. The van der Waals surface area contributed by atoms with Gasteiger partial charge < -0.3 is 0 Å². The topological polar surface area (TPSA) is 39.2 Å². The van der Waals surface area contributed by atoms with Crippen LogP contribution in [0.5, 0.6) is 0 Å². The van der Waals surface area contributed by atoms with Crippen LogP contribution in [0, 0.1) is 0 Å². The number of nitrogens with zero attached hydrogens (tertiary/aromatic N) is 1. The van der Waals surface area contributed by atoms with Crippen molar-refractivity contribution < 1.29 is 9.53 Å². The molecule has 0 amide bonds. The first-order valence-electron chi connectivity index (χ1n) is 4.47. The summed E-state index contributed by atoms with van der Waals surface area (Å²) in [6, 6.07) is 4.14. The molecule has 15 heavy (non-hydrogen) atoms. The van der Waals surface area contributed by atoms with Gasteiger partial charge in [-0.1, -0.05) is 0 Å². The Morgan fingerprint density at radius 2 is 2.40 bits per heavy atom. The van der Waals surface area contributed by atoms with Crippen molar-refractivity contribution in [1.29, 1.82) is 0 Å². The molecular weight excluding hydrogens is 324 g/mol. The van der Waals surface area contributed by atoms with Gasteiger partial charge in [-0.05, 0) is 0 Å². The fourth-order valence-corrected chi connectivity index (χ4v) is 4.89. The normalized spacial score (nSPS) is 10.2. The molecule has 0 aliphatic rings. The number of ether oxygens (including phenoxy) is 1. The molecule has 2 aromatic heterocycles. The number of carbonyl (C=O) groups is 1. The molecule has 3 nitrogen and oxygen atoms in total. The van der Waals surface area contributed by atoms with E-state index in [1.807, 2.05) is 4.94 Å². The van der Waals surface area contributed by atoms with E-state index < -0.39 is 0 Å². The summed E-state index contributed by atoms with van der Waals surface area (Å²) in [5.74, 6) is -0.298. The van der Waals surface area contributed by atoms with E-state index in [1.54, 1.807) is 6.92 Å². The van der Waals surface area contributed by atoms with Gasteiger partial charge in [0.25, 0.3) is 0 Å². The molecule has 2 aromatic rings. The molecule has 0 atom stereocenters. The Morgan fingerprint density at radius 3 is 3.07 bits per heavy atom. The molecule has 0 unspecified atom stereocenters. The Balaban J connectivity index is 2.21. The zero-order valence-electron chi connectivity index (χ0n) is 8.10. The van der Waals surface area contributed by atoms with Gasteiger partial charge in [0.2, 0.25) is 0 Å². The van der Waals surface area contributed by atoms with Crippen molar-refractivity contribution in [3.8, 4) is 9.01 Å². The van der Waals surface area contributed by atoms with Gasteiger partial charge in [-0.25, -0.2) is 0 Å². The zero-order valence-corrected chi connectivity index (χ0v) is 11.5. The summed E-state index contributed by atoms with van der Waals surface area (Å²) in [7, 11) is 0. The summed E-state index contributed by atoms with van der Waals surface area (Å²) in [6.07, 6.45) is 0. The van der Waals surface area contributed by atoms with E-state index in [0.29, 0.717) is 26.8 Å². The van der Waals surface area contributed by atoms with E-state index in [0.717, 1.165) is 4.57 Å². The van der Waals surface area contributed by atoms with E-state index >= 15 is 0 Å². The molecule has 0 spiro atoms. The molecule has 0 bridgehead atoms. The summed E-state index contributed by atoms with van der Waals surface area (Å²) in [4.78, 5) is 19.8. The minimum absolute atomic E-state index is 0.196. The van der Waals surface area contributed by atoms with Crippen LogP contribution >= 0.6 is 0 Å². The van der Waals surface area contributed by atoms with Gasteiger partial charge in [0.15, 0.2) is 0 Å². The second-order valence-corrected chi connectivity index (χ2v) is 6.52. The van der Waals surface area contributed by atoms with Crippen LogP contribution in [0.4, 0.5) is 0 Å². The molecule has 2 heterocycles. The van der Waals surface area contributed by atoms with Crippen molar-refractivity contribution in [2.75, 3.05) is 6.61 Å². The van der Waals surface area contributed by atoms with E-state index in [9.17, 15) is 4.79 Å². The summed E-state index contributed by atoms with van der Waals surface area (Å²) in [6.45, 7) is 2.21. The summed E-state index contributed by atoms with van der Waals surface area (Å²) >= 11 is 0.597. The van der Waals surface area contributed by atoms with Crippen molar-refractivity contribution in [1.82, 2.24) is 4.98 Å². The van der Waals surface area contributed by atoms with E-state index in [-0.39, 0.29) is 20.5 Å². The van der Waals surface area contributed by atoms with Crippen LogP contribution < -0.4 is 0 Å². The fraction of sp³-hybridized carbons (Fsp3) is 0.200. The van der Waals surface area contributed by atoms with Crippen molar-refractivity contribution in [3.05, 3.63) is 27.7 Å².